The van der Waals surface area contributed by atoms with Crippen LogP contribution in [0.1, 0.15) is 43.8 Å². The largest absolute Gasteiger partial charge is 0.356 e. The Hall–Kier alpha value is -0.840. The zero-order valence-corrected chi connectivity index (χ0v) is 12.1. The van der Waals surface area contributed by atoms with E-state index >= 15 is 0 Å². The van der Waals surface area contributed by atoms with E-state index in [-0.39, 0.29) is 0 Å². The highest BCUT2D eigenvalue weighted by Gasteiger charge is 2.19. The fourth-order valence-corrected chi connectivity index (χ4v) is 3.13. The van der Waals surface area contributed by atoms with Gasteiger partial charge in [0.2, 0.25) is 5.95 Å². The number of anilines is 1. The van der Waals surface area contributed by atoms with Crippen molar-refractivity contribution >= 4 is 16.7 Å². The van der Waals surface area contributed by atoms with E-state index in [0.717, 1.165) is 30.4 Å². The number of hydrogen-bond acceptors (Lipinski definition) is 3. The minimum absolute atomic E-state index is 0.619. The third-order valence-electron chi connectivity index (χ3n) is 3.46. The maximum absolute atomic E-state index is 11.0. The Labute approximate surface area is 112 Å². The molecule has 1 fully saturated rings. The molecule has 5 heteroatoms. The lowest BCUT2D eigenvalue weighted by atomic mass is 10.2. The summed E-state index contributed by atoms with van der Waals surface area (Å²) in [6.07, 6.45) is 10.0. The highest BCUT2D eigenvalue weighted by atomic mass is 32.2. The molecule has 1 aromatic rings. The molecule has 4 nitrogen and oxygen atoms in total. The summed E-state index contributed by atoms with van der Waals surface area (Å²) in [6.45, 7) is 2.89. The van der Waals surface area contributed by atoms with E-state index in [1.165, 1.54) is 25.7 Å². The molecule has 1 aliphatic carbocycles. The smallest absolute Gasteiger partial charge is 0.203 e. The summed E-state index contributed by atoms with van der Waals surface area (Å²) in [4.78, 5) is 4.55. The fraction of sp³-hybridized carbons (Fsp3) is 0.769. The SMILES string of the molecule is Cc1cn(C2CCCC2)c(NCCCS(C)=O)n1. The van der Waals surface area contributed by atoms with Gasteiger partial charge in [0.05, 0.1) is 5.69 Å². The summed E-state index contributed by atoms with van der Waals surface area (Å²) in [5.41, 5.74) is 1.07. The molecule has 0 amide bonds. The van der Waals surface area contributed by atoms with E-state index in [2.05, 4.69) is 21.1 Å². The fourth-order valence-electron chi connectivity index (χ4n) is 2.58. The van der Waals surface area contributed by atoms with E-state index in [9.17, 15) is 4.21 Å². The number of nitrogens with one attached hydrogen (secondary N) is 1. The Balaban J connectivity index is 1.92. The Morgan fingerprint density at radius 2 is 2.22 bits per heavy atom. The molecule has 0 saturated heterocycles. The quantitative estimate of drug-likeness (QED) is 0.807. The lowest BCUT2D eigenvalue weighted by molar-refractivity contribution is 0.522. The Kier molecular flexibility index (Phi) is 4.80. The van der Waals surface area contributed by atoms with Crippen LogP contribution >= 0.6 is 0 Å². The van der Waals surface area contributed by atoms with Crippen LogP contribution in [0.2, 0.25) is 0 Å². The van der Waals surface area contributed by atoms with E-state index in [0.29, 0.717) is 6.04 Å². The zero-order chi connectivity index (χ0) is 13.0. The van der Waals surface area contributed by atoms with Crippen molar-refractivity contribution < 1.29 is 4.21 Å². The highest BCUT2D eigenvalue weighted by Crippen LogP contribution is 2.31. The Morgan fingerprint density at radius 3 is 2.89 bits per heavy atom. The van der Waals surface area contributed by atoms with Crippen LogP contribution in [-0.2, 0) is 10.8 Å². The van der Waals surface area contributed by atoms with Crippen molar-refractivity contribution in [3.05, 3.63) is 11.9 Å². The van der Waals surface area contributed by atoms with Crippen LogP contribution in [0, 0.1) is 6.92 Å². The summed E-state index contributed by atoms with van der Waals surface area (Å²) in [5.74, 6) is 1.75. The number of hydrogen-bond donors (Lipinski definition) is 1. The molecular formula is C13H23N3OS. The standard InChI is InChI=1S/C13H23N3OS/c1-11-10-16(12-6-3-4-7-12)13(15-11)14-8-5-9-18(2)17/h10,12H,3-9H2,1-2H3,(H,14,15). The van der Waals surface area contributed by atoms with Gasteiger partial charge in [-0.1, -0.05) is 12.8 Å². The average Bonchev–Trinajstić information content (AvgIpc) is 2.93. The summed E-state index contributed by atoms with van der Waals surface area (Å²) in [6, 6.07) is 0.619. The minimum atomic E-state index is -0.693. The van der Waals surface area contributed by atoms with E-state index < -0.39 is 10.8 Å². The molecule has 102 valence electrons. The Morgan fingerprint density at radius 1 is 1.50 bits per heavy atom. The van der Waals surface area contributed by atoms with Gasteiger partial charge in [-0.2, -0.15) is 0 Å². The van der Waals surface area contributed by atoms with Crippen LogP contribution in [0.25, 0.3) is 0 Å². The van der Waals surface area contributed by atoms with Gasteiger partial charge in [0.25, 0.3) is 0 Å². The summed E-state index contributed by atoms with van der Waals surface area (Å²) in [5, 5.41) is 3.38. The van der Waals surface area contributed by atoms with Gasteiger partial charge in [0.15, 0.2) is 0 Å². The van der Waals surface area contributed by atoms with Crippen LogP contribution < -0.4 is 5.32 Å². The van der Waals surface area contributed by atoms with Crippen molar-refractivity contribution in [2.45, 2.75) is 45.1 Å². The van der Waals surface area contributed by atoms with E-state index in [4.69, 9.17) is 0 Å². The lowest BCUT2D eigenvalue weighted by Crippen LogP contribution is -2.13. The summed E-state index contributed by atoms with van der Waals surface area (Å²) in [7, 11) is -0.693. The molecule has 1 aliphatic rings. The third kappa shape index (κ3) is 3.57. The predicted molar refractivity (Wildman–Crippen MR) is 76.5 cm³/mol. The van der Waals surface area contributed by atoms with Gasteiger partial charge in [-0.05, 0) is 26.2 Å². The number of aromatic nitrogens is 2. The van der Waals surface area contributed by atoms with Crippen molar-refractivity contribution in [2.24, 2.45) is 0 Å². The monoisotopic (exact) mass is 269 g/mol. The average molecular weight is 269 g/mol. The molecule has 18 heavy (non-hydrogen) atoms. The van der Waals surface area contributed by atoms with Gasteiger partial charge in [-0.15, -0.1) is 0 Å². The van der Waals surface area contributed by atoms with Crippen molar-refractivity contribution in [1.82, 2.24) is 9.55 Å². The van der Waals surface area contributed by atoms with Gasteiger partial charge in [0, 0.05) is 41.6 Å². The second kappa shape index (κ2) is 6.36. The highest BCUT2D eigenvalue weighted by molar-refractivity contribution is 7.84. The first-order chi connectivity index (χ1) is 8.66. The number of rotatable bonds is 6. The number of imidazole rings is 1. The lowest BCUT2D eigenvalue weighted by Gasteiger charge is -2.15. The molecule has 2 rings (SSSR count). The molecule has 0 aromatic carbocycles. The Bertz CT molecular complexity index is 410. The first kappa shape index (κ1) is 13.6. The predicted octanol–water partition coefficient (Wildman–Crippen LogP) is 2.49. The molecule has 1 atom stereocenters. The maximum atomic E-state index is 11.0. The third-order valence-corrected chi connectivity index (χ3v) is 4.33. The first-order valence-corrected chi connectivity index (χ1v) is 8.49. The van der Waals surface area contributed by atoms with Crippen LogP contribution in [-0.4, -0.2) is 32.3 Å². The van der Waals surface area contributed by atoms with Gasteiger partial charge in [0.1, 0.15) is 0 Å². The molecule has 1 saturated carbocycles. The molecule has 0 aliphatic heterocycles. The summed E-state index contributed by atoms with van der Waals surface area (Å²) < 4.78 is 13.3. The molecule has 0 bridgehead atoms. The van der Waals surface area contributed by atoms with Crippen LogP contribution in [0.3, 0.4) is 0 Å². The normalized spacial score (nSPS) is 18.1. The molecule has 0 spiro atoms. The van der Waals surface area contributed by atoms with Crippen LogP contribution in [0.15, 0.2) is 6.20 Å². The van der Waals surface area contributed by atoms with Crippen molar-refractivity contribution in [3.63, 3.8) is 0 Å². The maximum Gasteiger partial charge on any atom is 0.203 e. The molecular weight excluding hydrogens is 246 g/mol. The second-order valence-electron chi connectivity index (χ2n) is 5.11. The number of aryl methyl sites for hydroxylation is 1. The van der Waals surface area contributed by atoms with Crippen LogP contribution in [0.4, 0.5) is 5.95 Å². The molecule has 1 unspecified atom stereocenters. The van der Waals surface area contributed by atoms with Crippen molar-refractivity contribution in [1.29, 1.82) is 0 Å². The molecule has 1 aromatic heterocycles. The second-order valence-corrected chi connectivity index (χ2v) is 6.66. The van der Waals surface area contributed by atoms with E-state index in [1.807, 2.05) is 6.92 Å². The van der Waals surface area contributed by atoms with Gasteiger partial charge in [-0.25, -0.2) is 4.98 Å². The minimum Gasteiger partial charge on any atom is -0.356 e. The van der Waals surface area contributed by atoms with Crippen LogP contribution in [0.5, 0.6) is 0 Å². The first-order valence-electron chi connectivity index (χ1n) is 6.76. The topological polar surface area (TPSA) is 46.9 Å². The number of nitrogens with zero attached hydrogens (tertiary/aromatic N) is 2. The van der Waals surface area contributed by atoms with Gasteiger partial charge >= 0.3 is 0 Å². The molecule has 1 heterocycles. The van der Waals surface area contributed by atoms with Gasteiger partial charge in [-0.3, -0.25) is 4.21 Å². The van der Waals surface area contributed by atoms with E-state index in [1.54, 1.807) is 6.26 Å². The van der Waals surface area contributed by atoms with Gasteiger partial charge < -0.3 is 9.88 Å². The zero-order valence-electron chi connectivity index (χ0n) is 11.3. The summed E-state index contributed by atoms with van der Waals surface area (Å²) >= 11 is 0. The van der Waals surface area contributed by atoms with Crippen molar-refractivity contribution in [2.75, 3.05) is 23.9 Å². The van der Waals surface area contributed by atoms with Crippen molar-refractivity contribution in [3.8, 4) is 0 Å². The molecule has 0 radical (unpaired) electrons. The molecule has 1 N–H and O–H groups in total.